The Hall–Kier alpha value is -2.81. The van der Waals surface area contributed by atoms with Crippen molar-refractivity contribution in [2.24, 2.45) is 4.99 Å². The Morgan fingerprint density at radius 1 is 0.875 bits per heavy atom. The predicted molar refractivity (Wildman–Crippen MR) is 103 cm³/mol. The van der Waals surface area contributed by atoms with Crippen LogP contribution >= 0.6 is 0 Å². The number of anilines is 1. The predicted octanol–water partition coefficient (Wildman–Crippen LogP) is 5.07. The fourth-order valence-electron chi connectivity index (χ4n) is 2.80. The lowest BCUT2D eigenvalue weighted by molar-refractivity contribution is 0.866. The fourth-order valence-corrected chi connectivity index (χ4v) is 2.80. The van der Waals surface area contributed by atoms with Crippen LogP contribution < -0.4 is 4.90 Å². The monoisotopic (exact) mass is 317 g/mol. The Kier molecular flexibility index (Phi) is 5.12. The summed E-state index contributed by atoms with van der Waals surface area (Å²) >= 11 is 0. The minimum atomic E-state index is 0.965. The number of hydrogen-bond donors (Lipinski definition) is 0. The van der Waals surface area contributed by atoms with E-state index in [0.717, 1.165) is 30.2 Å². The molecule has 1 heterocycles. The molecule has 0 aliphatic heterocycles. The van der Waals surface area contributed by atoms with Crippen molar-refractivity contribution in [3.63, 3.8) is 0 Å². The summed E-state index contributed by atoms with van der Waals surface area (Å²) in [7, 11) is 0. The molecular weight excluding hydrogens is 294 g/mol. The fraction of sp³-hybridized carbons (Fsp3) is 0.190. The molecule has 0 radical (unpaired) electrons. The zero-order valence-electron chi connectivity index (χ0n) is 14.3. The summed E-state index contributed by atoms with van der Waals surface area (Å²) in [6.45, 7) is 6.38. The number of hydrogen-bond acceptors (Lipinski definition) is 2. The summed E-state index contributed by atoms with van der Waals surface area (Å²) < 4.78 is 2.13. The van der Waals surface area contributed by atoms with E-state index >= 15 is 0 Å². The number of nitrogens with zero attached hydrogens (tertiary/aromatic N) is 3. The molecule has 1 aromatic heterocycles. The molecule has 2 aromatic carbocycles. The summed E-state index contributed by atoms with van der Waals surface area (Å²) in [6.07, 6.45) is 3.97. The first-order valence-corrected chi connectivity index (χ1v) is 8.43. The van der Waals surface area contributed by atoms with Crippen molar-refractivity contribution in [3.8, 4) is 5.69 Å². The van der Waals surface area contributed by atoms with E-state index in [1.807, 2.05) is 30.5 Å². The van der Waals surface area contributed by atoms with Crippen molar-refractivity contribution >= 4 is 17.6 Å². The van der Waals surface area contributed by atoms with E-state index in [1.54, 1.807) is 0 Å². The molecule has 0 spiro atoms. The van der Waals surface area contributed by atoms with Crippen LogP contribution in [0.5, 0.6) is 0 Å². The average Bonchev–Trinajstić information content (AvgIpc) is 3.11. The van der Waals surface area contributed by atoms with Gasteiger partial charge >= 0.3 is 0 Å². The van der Waals surface area contributed by atoms with Gasteiger partial charge in [-0.05, 0) is 62.4 Å². The lowest BCUT2D eigenvalue weighted by Gasteiger charge is -2.20. The molecular formula is C21H23N3. The third-order valence-electron chi connectivity index (χ3n) is 4.14. The van der Waals surface area contributed by atoms with Crippen molar-refractivity contribution in [2.45, 2.75) is 13.8 Å². The SMILES string of the molecule is CCN(CC)c1ccc(N=Cc2cccn2-c2ccccc2)cc1. The molecule has 0 atom stereocenters. The molecule has 0 fully saturated rings. The molecule has 122 valence electrons. The van der Waals surface area contributed by atoms with Crippen molar-refractivity contribution in [1.29, 1.82) is 0 Å². The molecule has 3 rings (SSSR count). The third kappa shape index (κ3) is 3.57. The Labute approximate surface area is 143 Å². The number of aromatic nitrogens is 1. The van der Waals surface area contributed by atoms with Gasteiger partial charge in [-0.3, -0.25) is 4.99 Å². The molecule has 0 unspecified atom stereocenters. The Morgan fingerprint density at radius 3 is 2.25 bits per heavy atom. The molecule has 3 aromatic rings. The zero-order chi connectivity index (χ0) is 16.8. The summed E-state index contributed by atoms with van der Waals surface area (Å²) in [4.78, 5) is 6.95. The van der Waals surface area contributed by atoms with Gasteiger partial charge in [-0.1, -0.05) is 18.2 Å². The van der Waals surface area contributed by atoms with E-state index in [2.05, 4.69) is 77.0 Å². The largest absolute Gasteiger partial charge is 0.372 e. The van der Waals surface area contributed by atoms with E-state index in [-0.39, 0.29) is 0 Å². The number of benzene rings is 2. The van der Waals surface area contributed by atoms with Gasteiger partial charge < -0.3 is 9.47 Å². The van der Waals surface area contributed by atoms with E-state index in [9.17, 15) is 0 Å². The van der Waals surface area contributed by atoms with Crippen molar-refractivity contribution in [2.75, 3.05) is 18.0 Å². The van der Waals surface area contributed by atoms with Gasteiger partial charge in [0, 0.05) is 30.7 Å². The Bertz CT molecular complexity index is 781. The molecule has 24 heavy (non-hydrogen) atoms. The van der Waals surface area contributed by atoms with E-state index in [4.69, 9.17) is 0 Å². The molecule has 3 heteroatoms. The quantitative estimate of drug-likeness (QED) is 0.581. The van der Waals surface area contributed by atoms with Crippen LogP contribution in [0.4, 0.5) is 11.4 Å². The average molecular weight is 317 g/mol. The number of aliphatic imine (C=N–C) groups is 1. The van der Waals surface area contributed by atoms with Crippen LogP contribution in [0.3, 0.4) is 0 Å². The second kappa shape index (κ2) is 7.64. The van der Waals surface area contributed by atoms with Crippen LogP contribution in [-0.2, 0) is 0 Å². The van der Waals surface area contributed by atoms with E-state index in [0.29, 0.717) is 0 Å². The van der Waals surface area contributed by atoms with Crippen molar-refractivity contribution in [1.82, 2.24) is 4.57 Å². The van der Waals surface area contributed by atoms with Gasteiger partial charge in [0.2, 0.25) is 0 Å². The highest BCUT2D eigenvalue weighted by atomic mass is 15.1. The Balaban J connectivity index is 1.79. The summed E-state index contributed by atoms with van der Waals surface area (Å²) in [5.41, 5.74) is 4.41. The molecule has 0 N–H and O–H groups in total. The molecule has 0 aliphatic rings. The van der Waals surface area contributed by atoms with Crippen LogP contribution in [0.1, 0.15) is 19.5 Å². The topological polar surface area (TPSA) is 20.5 Å². The van der Waals surface area contributed by atoms with E-state index in [1.165, 1.54) is 5.69 Å². The highest BCUT2D eigenvalue weighted by molar-refractivity contribution is 5.81. The molecule has 0 bridgehead atoms. The zero-order valence-corrected chi connectivity index (χ0v) is 14.3. The lowest BCUT2D eigenvalue weighted by atomic mass is 10.2. The first-order valence-electron chi connectivity index (χ1n) is 8.43. The van der Waals surface area contributed by atoms with Crippen molar-refractivity contribution in [3.05, 3.63) is 78.6 Å². The molecule has 0 amide bonds. The van der Waals surface area contributed by atoms with Gasteiger partial charge in [0.1, 0.15) is 0 Å². The van der Waals surface area contributed by atoms with Crippen molar-refractivity contribution < 1.29 is 0 Å². The lowest BCUT2D eigenvalue weighted by Crippen LogP contribution is -2.21. The number of rotatable bonds is 6. The van der Waals surface area contributed by atoms with Crippen LogP contribution in [0.2, 0.25) is 0 Å². The van der Waals surface area contributed by atoms with Gasteiger partial charge in [-0.2, -0.15) is 0 Å². The normalized spacial score (nSPS) is 11.1. The van der Waals surface area contributed by atoms with Gasteiger partial charge in [0.15, 0.2) is 0 Å². The van der Waals surface area contributed by atoms with Crippen LogP contribution in [0.15, 0.2) is 77.9 Å². The van der Waals surface area contributed by atoms with Crippen LogP contribution in [0, 0.1) is 0 Å². The molecule has 3 nitrogen and oxygen atoms in total. The maximum atomic E-state index is 4.62. The van der Waals surface area contributed by atoms with Gasteiger partial charge in [-0.15, -0.1) is 0 Å². The minimum absolute atomic E-state index is 0.965. The van der Waals surface area contributed by atoms with Gasteiger partial charge in [-0.25, -0.2) is 0 Å². The molecule has 0 aliphatic carbocycles. The maximum Gasteiger partial charge on any atom is 0.0639 e. The molecule has 0 saturated heterocycles. The third-order valence-corrected chi connectivity index (χ3v) is 4.14. The first kappa shape index (κ1) is 16.1. The number of para-hydroxylation sites is 1. The maximum absolute atomic E-state index is 4.62. The Morgan fingerprint density at radius 2 is 1.58 bits per heavy atom. The second-order valence-electron chi connectivity index (χ2n) is 5.59. The smallest absolute Gasteiger partial charge is 0.0639 e. The van der Waals surface area contributed by atoms with Gasteiger partial charge in [0.05, 0.1) is 17.6 Å². The van der Waals surface area contributed by atoms with Gasteiger partial charge in [0.25, 0.3) is 0 Å². The standard InChI is InChI=1S/C21H23N3/c1-3-23(4-2)19-14-12-18(13-15-19)22-17-21-11-8-16-24(21)20-9-6-5-7-10-20/h5-17H,3-4H2,1-2H3. The molecule has 0 saturated carbocycles. The second-order valence-corrected chi connectivity index (χ2v) is 5.59. The minimum Gasteiger partial charge on any atom is -0.372 e. The summed E-state index contributed by atoms with van der Waals surface area (Å²) in [5.74, 6) is 0. The van der Waals surface area contributed by atoms with E-state index < -0.39 is 0 Å². The highest BCUT2D eigenvalue weighted by Gasteiger charge is 2.02. The van der Waals surface area contributed by atoms with Crippen LogP contribution in [-0.4, -0.2) is 23.9 Å². The van der Waals surface area contributed by atoms with Crippen LogP contribution in [0.25, 0.3) is 5.69 Å². The first-order chi connectivity index (χ1) is 11.8. The summed E-state index contributed by atoms with van der Waals surface area (Å²) in [6, 6.07) is 22.8. The highest BCUT2D eigenvalue weighted by Crippen LogP contribution is 2.20. The summed E-state index contributed by atoms with van der Waals surface area (Å²) in [5, 5.41) is 0.